The van der Waals surface area contributed by atoms with E-state index < -0.39 is 5.60 Å². The number of nitrogens with zero attached hydrogens (tertiary/aromatic N) is 2. The Bertz CT molecular complexity index is 1360. The van der Waals surface area contributed by atoms with Gasteiger partial charge in [-0.2, -0.15) is 0 Å². The Morgan fingerprint density at radius 1 is 1.15 bits per heavy atom. The third kappa shape index (κ3) is 5.75. The lowest BCUT2D eigenvalue weighted by molar-refractivity contribution is -0.0706. The number of ether oxygens (including phenoxy) is 1. The molecule has 4 nitrogen and oxygen atoms in total. The lowest BCUT2D eigenvalue weighted by atomic mass is 9.74. The van der Waals surface area contributed by atoms with E-state index in [1.807, 2.05) is 12.3 Å². The molecule has 0 amide bonds. The monoisotopic (exact) mass is 650 g/mol. The van der Waals surface area contributed by atoms with Gasteiger partial charge in [0.2, 0.25) is 0 Å². The molecule has 2 aromatic carbocycles. The largest absolute Gasteiger partial charge is 0.487 e. The van der Waals surface area contributed by atoms with Crippen LogP contribution in [0.4, 0.5) is 0 Å². The van der Waals surface area contributed by atoms with E-state index in [0.717, 1.165) is 65.0 Å². The smallest absolute Gasteiger partial charge is 0.131 e. The number of likely N-dealkylation sites (tertiary alicyclic amines) is 1. The lowest BCUT2D eigenvalue weighted by Gasteiger charge is -2.43. The van der Waals surface area contributed by atoms with Gasteiger partial charge in [-0.05, 0) is 64.6 Å². The Balaban J connectivity index is 1.37. The molecule has 2 unspecified atom stereocenters. The Morgan fingerprint density at radius 2 is 1.93 bits per heavy atom. The second-order valence-electron chi connectivity index (χ2n) is 12.5. The molecule has 3 aromatic rings. The summed E-state index contributed by atoms with van der Waals surface area (Å²) in [5.74, 6) is 1.61. The fourth-order valence-electron chi connectivity index (χ4n) is 6.02. The summed E-state index contributed by atoms with van der Waals surface area (Å²) in [5, 5.41) is 11.6. The molecule has 1 N–H and O–H groups in total. The fraction of sp³-hybridized carbons (Fsp3) is 0.457. The molecule has 5 rings (SSSR count). The SMILES string of the molecule is CC(C)C(C)(C)c1ccc2c(c1)/C(=C/CCN1CCC(O)(c3ccc(CI)cc3)C(C)C1)c1cccnc1CO2. The molecule has 212 valence electrons. The first-order valence-corrected chi connectivity index (χ1v) is 16.2. The molecule has 0 saturated carbocycles. The van der Waals surface area contributed by atoms with Crippen LogP contribution in [0.2, 0.25) is 0 Å². The molecular formula is C35H43IN2O2. The molecule has 0 bridgehead atoms. The number of hydrogen-bond donors (Lipinski definition) is 1. The van der Waals surface area contributed by atoms with Crippen LogP contribution in [0.15, 0.2) is 66.9 Å². The zero-order chi connectivity index (χ0) is 28.5. The molecule has 5 heteroatoms. The summed E-state index contributed by atoms with van der Waals surface area (Å²) in [6, 6.07) is 19.5. The van der Waals surface area contributed by atoms with Crippen molar-refractivity contribution in [2.24, 2.45) is 11.8 Å². The van der Waals surface area contributed by atoms with E-state index >= 15 is 0 Å². The van der Waals surface area contributed by atoms with E-state index in [9.17, 15) is 5.11 Å². The molecule has 3 heterocycles. The van der Waals surface area contributed by atoms with Crippen LogP contribution < -0.4 is 4.74 Å². The van der Waals surface area contributed by atoms with E-state index in [1.54, 1.807) is 0 Å². The standard InChI is InChI=1S/C35H43IN2O2/c1-24(2)34(4,5)28-14-15-33-31(20-28)29(30-8-6-17-37-32(30)23-40-33)9-7-18-38-19-16-35(39,25(3)22-38)27-12-10-26(21-36)11-13-27/h6,8-15,17,20,24-25,39H,7,16,18-19,21-23H2,1-5H3/b29-9+. The molecule has 2 aliphatic rings. The number of halogens is 1. The van der Waals surface area contributed by atoms with E-state index in [0.29, 0.717) is 12.5 Å². The molecular weight excluding hydrogens is 607 g/mol. The predicted molar refractivity (Wildman–Crippen MR) is 173 cm³/mol. The van der Waals surface area contributed by atoms with Gasteiger partial charge >= 0.3 is 0 Å². The number of rotatable bonds is 7. The van der Waals surface area contributed by atoms with Crippen LogP contribution >= 0.6 is 22.6 Å². The number of pyridine rings is 1. The third-order valence-electron chi connectivity index (χ3n) is 9.56. The maximum atomic E-state index is 11.6. The summed E-state index contributed by atoms with van der Waals surface area (Å²) >= 11 is 2.38. The molecule has 0 spiro atoms. The van der Waals surface area contributed by atoms with Crippen molar-refractivity contribution in [2.75, 3.05) is 19.6 Å². The molecule has 1 aromatic heterocycles. The van der Waals surface area contributed by atoms with Crippen LogP contribution in [0.25, 0.3) is 5.57 Å². The maximum Gasteiger partial charge on any atom is 0.131 e. The van der Waals surface area contributed by atoms with Crippen molar-refractivity contribution in [3.05, 3.63) is 100 Å². The summed E-state index contributed by atoms with van der Waals surface area (Å²) in [6.07, 6.45) is 5.92. The number of aromatic nitrogens is 1. The summed E-state index contributed by atoms with van der Waals surface area (Å²) in [7, 11) is 0. The van der Waals surface area contributed by atoms with Gasteiger partial charge in [-0.25, -0.2) is 0 Å². The Labute approximate surface area is 254 Å². The number of piperidine rings is 1. The van der Waals surface area contributed by atoms with E-state index in [1.165, 1.54) is 16.7 Å². The molecule has 2 atom stereocenters. The highest BCUT2D eigenvalue weighted by Crippen LogP contribution is 2.41. The molecule has 40 heavy (non-hydrogen) atoms. The Morgan fingerprint density at radius 3 is 2.62 bits per heavy atom. The minimum Gasteiger partial charge on any atom is -0.487 e. The molecule has 1 saturated heterocycles. The van der Waals surface area contributed by atoms with Gasteiger partial charge in [0.05, 0.1) is 11.3 Å². The summed E-state index contributed by atoms with van der Waals surface area (Å²) in [6.45, 7) is 14.6. The van der Waals surface area contributed by atoms with E-state index in [-0.39, 0.29) is 11.3 Å². The summed E-state index contributed by atoms with van der Waals surface area (Å²) in [5.41, 5.74) is 7.50. The first-order chi connectivity index (χ1) is 19.1. The Hall–Kier alpha value is -2.22. The van der Waals surface area contributed by atoms with E-state index in [4.69, 9.17) is 4.74 Å². The van der Waals surface area contributed by atoms with Gasteiger partial charge in [0, 0.05) is 47.3 Å². The minimum atomic E-state index is -0.763. The van der Waals surface area contributed by atoms with Crippen LogP contribution in [0.5, 0.6) is 5.75 Å². The van der Waals surface area contributed by atoms with Crippen molar-refractivity contribution in [1.82, 2.24) is 9.88 Å². The fourth-order valence-corrected chi connectivity index (χ4v) is 6.53. The van der Waals surface area contributed by atoms with Crippen LogP contribution in [0.1, 0.15) is 81.0 Å². The highest BCUT2D eigenvalue weighted by molar-refractivity contribution is 14.1. The second-order valence-corrected chi connectivity index (χ2v) is 13.2. The maximum absolute atomic E-state index is 11.6. The Kier molecular flexibility index (Phi) is 8.74. The predicted octanol–water partition coefficient (Wildman–Crippen LogP) is 7.89. The lowest BCUT2D eigenvalue weighted by Crippen LogP contribution is -2.49. The first-order valence-electron chi connectivity index (χ1n) is 14.7. The first kappa shape index (κ1) is 29.3. The topological polar surface area (TPSA) is 45.6 Å². The molecule has 1 fully saturated rings. The molecule has 0 radical (unpaired) electrons. The molecule has 0 aliphatic carbocycles. The zero-order valence-corrected chi connectivity index (χ0v) is 26.7. The van der Waals surface area contributed by atoms with Gasteiger partial charge in [-0.15, -0.1) is 0 Å². The summed E-state index contributed by atoms with van der Waals surface area (Å²) < 4.78 is 7.27. The van der Waals surface area contributed by atoms with E-state index in [2.05, 4.69) is 122 Å². The van der Waals surface area contributed by atoms with Gasteiger partial charge in [0.1, 0.15) is 12.4 Å². The van der Waals surface area contributed by atoms with Gasteiger partial charge in [0.25, 0.3) is 0 Å². The van der Waals surface area contributed by atoms with Crippen LogP contribution in [-0.2, 0) is 22.1 Å². The number of aliphatic hydroxyl groups is 1. The van der Waals surface area contributed by atoms with Gasteiger partial charge < -0.3 is 14.7 Å². The van der Waals surface area contributed by atoms with Crippen molar-refractivity contribution in [3.8, 4) is 5.75 Å². The van der Waals surface area contributed by atoms with Crippen LogP contribution in [0.3, 0.4) is 0 Å². The zero-order valence-electron chi connectivity index (χ0n) is 24.6. The number of benzene rings is 2. The number of alkyl halides is 1. The third-order valence-corrected chi connectivity index (χ3v) is 10.4. The van der Waals surface area contributed by atoms with Gasteiger partial charge in [-0.3, -0.25) is 4.98 Å². The van der Waals surface area contributed by atoms with Gasteiger partial charge in [-0.1, -0.05) is 99.7 Å². The normalized spacial score (nSPS) is 22.5. The minimum absolute atomic E-state index is 0.0570. The van der Waals surface area contributed by atoms with Crippen LogP contribution in [-0.4, -0.2) is 34.6 Å². The number of hydrogen-bond acceptors (Lipinski definition) is 4. The average molecular weight is 651 g/mol. The van der Waals surface area contributed by atoms with Crippen molar-refractivity contribution in [3.63, 3.8) is 0 Å². The van der Waals surface area contributed by atoms with Gasteiger partial charge in [0.15, 0.2) is 0 Å². The van der Waals surface area contributed by atoms with Crippen molar-refractivity contribution in [2.45, 2.75) is 69.5 Å². The van der Waals surface area contributed by atoms with Crippen molar-refractivity contribution < 1.29 is 9.84 Å². The summed E-state index contributed by atoms with van der Waals surface area (Å²) in [4.78, 5) is 7.18. The van der Waals surface area contributed by atoms with Crippen molar-refractivity contribution >= 4 is 28.2 Å². The van der Waals surface area contributed by atoms with Crippen LogP contribution in [0, 0.1) is 11.8 Å². The molecule has 2 aliphatic heterocycles. The quantitative estimate of drug-likeness (QED) is 0.209. The highest BCUT2D eigenvalue weighted by Gasteiger charge is 2.40. The highest BCUT2D eigenvalue weighted by atomic mass is 127. The van der Waals surface area contributed by atoms with Crippen molar-refractivity contribution in [1.29, 1.82) is 0 Å². The second kappa shape index (κ2) is 11.9. The number of fused-ring (bicyclic) bond motifs is 2. The average Bonchev–Trinajstić information content (AvgIpc) is 3.11.